The maximum atomic E-state index is 4.49. The van der Waals surface area contributed by atoms with Crippen molar-refractivity contribution in [3.63, 3.8) is 0 Å². The van der Waals surface area contributed by atoms with Crippen LogP contribution in [0.2, 0.25) is 0 Å². The van der Waals surface area contributed by atoms with Crippen LogP contribution in [0.15, 0.2) is 47.1 Å². The predicted octanol–water partition coefficient (Wildman–Crippen LogP) is 4.22. The molecule has 0 aliphatic heterocycles. The van der Waals surface area contributed by atoms with Gasteiger partial charge in [0.25, 0.3) is 0 Å². The minimum absolute atomic E-state index is 0.329. The molecule has 0 bridgehead atoms. The summed E-state index contributed by atoms with van der Waals surface area (Å²) < 4.78 is 0. The second kappa shape index (κ2) is 4.74. The number of hydrogen-bond donors (Lipinski definition) is 1. The molecule has 1 aliphatic carbocycles. The molecule has 0 amide bonds. The van der Waals surface area contributed by atoms with Crippen LogP contribution in [0.5, 0.6) is 0 Å². The topological polar surface area (TPSA) is 24.4 Å². The summed E-state index contributed by atoms with van der Waals surface area (Å²) >= 11 is 0. The van der Waals surface area contributed by atoms with E-state index in [9.17, 15) is 0 Å². The summed E-state index contributed by atoms with van der Waals surface area (Å²) in [5, 5.41) is 4.49. The van der Waals surface area contributed by atoms with Gasteiger partial charge in [-0.2, -0.15) is 5.10 Å². The highest BCUT2D eigenvalue weighted by Crippen LogP contribution is 2.33. The first-order valence-electron chi connectivity index (χ1n) is 6.10. The number of hydrazone groups is 1. The molecule has 2 heteroatoms. The second-order valence-corrected chi connectivity index (χ2v) is 5.59. The molecule has 17 heavy (non-hydrogen) atoms. The molecule has 0 atom stereocenters. The summed E-state index contributed by atoms with van der Waals surface area (Å²) in [4.78, 5) is 0. The van der Waals surface area contributed by atoms with Crippen molar-refractivity contribution < 1.29 is 0 Å². The fraction of sp³-hybridized carbons (Fsp3) is 0.400. The fourth-order valence-corrected chi connectivity index (χ4v) is 2.41. The Labute approximate surface area is 103 Å². The molecule has 0 aromatic heterocycles. The summed E-state index contributed by atoms with van der Waals surface area (Å²) in [6.07, 6.45) is 4.39. The van der Waals surface area contributed by atoms with Crippen LogP contribution in [0.3, 0.4) is 0 Å². The third-order valence-corrected chi connectivity index (χ3v) is 2.93. The highest BCUT2D eigenvalue weighted by atomic mass is 15.3. The average Bonchev–Trinajstić information content (AvgIpc) is 2.25. The van der Waals surface area contributed by atoms with Crippen LogP contribution in [-0.2, 0) is 0 Å². The van der Waals surface area contributed by atoms with Crippen LogP contribution in [0.25, 0.3) is 0 Å². The Morgan fingerprint density at radius 2 is 1.82 bits per heavy atom. The molecule has 0 heterocycles. The summed E-state index contributed by atoms with van der Waals surface area (Å²) in [6, 6.07) is 10.1. The number of benzene rings is 1. The van der Waals surface area contributed by atoms with Crippen molar-refractivity contribution in [1.29, 1.82) is 0 Å². The van der Waals surface area contributed by atoms with E-state index in [2.05, 4.69) is 37.4 Å². The molecule has 2 rings (SSSR count). The lowest BCUT2D eigenvalue weighted by Gasteiger charge is -2.29. The summed E-state index contributed by atoms with van der Waals surface area (Å²) in [6.45, 7) is 6.77. The molecular weight excluding hydrogens is 208 g/mol. The summed E-state index contributed by atoms with van der Waals surface area (Å²) in [5.41, 5.74) is 7.04. The van der Waals surface area contributed by atoms with Gasteiger partial charge in [0, 0.05) is 0 Å². The van der Waals surface area contributed by atoms with E-state index in [1.54, 1.807) is 0 Å². The minimum atomic E-state index is 0.329. The Morgan fingerprint density at radius 1 is 1.12 bits per heavy atom. The van der Waals surface area contributed by atoms with Crippen molar-refractivity contribution in [1.82, 2.24) is 0 Å². The van der Waals surface area contributed by atoms with Crippen LogP contribution in [0.1, 0.15) is 33.6 Å². The number of rotatable bonds is 2. The third kappa shape index (κ3) is 3.45. The largest absolute Gasteiger partial charge is 0.278 e. The van der Waals surface area contributed by atoms with E-state index < -0.39 is 0 Å². The van der Waals surface area contributed by atoms with Crippen LogP contribution < -0.4 is 5.43 Å². The van der Waals surface area contributed by atoms with Crippen LogP contribution in [-0.4, -0.2) is 5.71 Å². The van der Waals surface area contributed by atoms with E-state index in [1.807, 2.05) is 30.3 Å². The van der Waals surface area contributed by atoms with Gasteiger partial charge < -0.3 is 0 Å². The molecule has 90 valence electrons. The Balaban J connectivity index is 2.10. The van der Waals surface area contributed by atoms with Crippen LogP contribution >= 0.6 is 0 Å². The van der Waals surface area contributed by atoms with E-state index in [1.165, 1.54) is 5.57 Å². The van der Waals surface area contributed by atoms with Crippen molar-refractivity contribution in [3.8, 4) is 0 Å². The quantitative estimate of drug-likeness (QED) is 0.753. The summed E-state index contributed by atoms with van der Waals surface area (Å²) in [5.74, 6) is 0. The average molecular weight is 228 g/mol. The monoisotopic (exact) mass is 228 g/mol. The first kappa shape index (κ1) is 11.9. The lowest BCUT2D eigenvalue weighted by atomic mass is 9.77. The normalized spacial score (nSPS) is 21.1. The SMILES string of the molecule is CC1=C/C(=N\Nc2ccccc2)CC(C)(C)C1. The first-order chi connectivity index (χ1) is 8.05. The van der Waals surface area contributed by atoms with Gasteiger partial charge in [0.1, 0.15) is 0 Å². The maximum absolute atomic E-state index is 4.49. The van der Waals surface area contributed by atoms with Gasteiger partial charge in [-0.25, -0.2) is 0 Å². The number of para-hydroxylation sites is 1. The molecule has 0 saturated heterocycles. The molecule has 0 fully saturated rings. The Morgan fingerprint density at radius 3 is 2.47 bits per heavy atom. The number of hydrogen-bond acceptors (Lipinski definition) is 2. The van der Waals surface area contributed by atoms with Gasteiger partial charge in [-0.05, 0) is 43.4 Å². The zero-order chi connectivity index (χ0) is 12.3. The lowest BCUT2D eigenvalue weighted by molar-refractivity contribution is 0.373. The smallest absolute Gasteiger partial charge is 0.0612 e. The van der Waals surface area contributed by atoms with Gasteiger partial charge in [-0.15, -0.1) is 0 Å². The Hall–Kier alpha value is -1.57. The molecular formula is C15H20N2. The third-order valence-electron chi connectivity index (χ3n) is 2.93. The van der Waals surface area contributed by atoms with Crippen molar-refractivity contribution in [2.75, 3.05) is 5.43 Å². The predicted molar refractivity (Wildman–Crippen MR) is 74.3 cm³/mol. The van der Waals surface area contributed by atoms with Gasteiger partial charge in [0.05, 0.1) is 11.4 Å². The van der Waals surface area contributed by atoms with Crippen molar-refractivity contribution in [2.45, 2.75) is 33.6 Å². The second-order valence-electron chi connectivity index (χ2n) is 5.59. The van der Waals surface area contributed by atoms with Crippen molar-refractivity contribution in [2.24, 2.45) is 10.5 Å². The van der Waals surface area contributed by atoms with E-state index in [0.717, 1.165) is 24.2 Å². The van der Waals surface area contributed by atoms with Crippen molar-refractivity contribution >= 4 is 11.4 Å². The van der Waals surface area contributed by atoms with Gasteiger partial charge in [0.15, 0.2) is 0 Å². The van der Waals surface area contributed by atoms with E-state index in [4.69, 9.17) is 0 Å². The number of nitrogens with zero attached hydrogens (tertiary/aromatic N) is 1. The van der Waals surface area contributed by atoms with Gasteiger partial charge >= 0.3 is 0 Å². The van der Waals surface area contributed by atoms with E-state index in [-0.39, 0.29) is 0 Å². The number of nitrogens with one attached hydrogen (secondary N) is 1. The molecule has 1 aromatic rings. The van der Waals surface area contributed by atoms with E-state index in [0.29, 0.717) is 5.41 Å². The van der Waals surface area contributed by atoms with Gasteiger partial charge in [0.2, 0.25) is 0 Å². The lowest BCUT2D eigenvalue weighted by Crippen LogP contribution is -2.21. The number of anilines is 1. The molecule has 1 aliphatic rings. The Kier molecular flexibility index (Phi) is 3.32. The summed E-state index contributed by atoms with van der Waals surface area (Å²) in [7, 11) is 0. The molecule has 0 unspecified atom stereocenters. The van der Waals surface area contributed by atoms with E-state index >= 15 is 0 Å². The Bertz CT molecular complexity index is 441. The molecule has 0 spiro atoms. The standard InChI is InChI=1S/C15H20N2/c1-12-9-14(11-15(2,3)10-12)17-16-13-7-5-4-6-8-13/h4-9,16H,10-11H2,1-3H3/b17-14+. The fourth-order valence-electron chi connectivity index (χ4n) is 2.41. The highest BCUT2D eigenvalue weighted by molar-refractivity contribution is 5.97. The molecule has 1 aromatic carbocycles. The van der Waals surface area contributed by atoms with Crippen LogP contribution in [0.4, 0.5) is 5.69 Å². The highest BCUT2D eigenvalue weighted by Gasteiger charge is 2.24. The van der Waals surface area contributed by atoms with Crippen molar-refractivity contribution in [3.05, 3.63) is 42.0 Å². The van der Waals surface area contributed by atoms with Gasteiger partial charge in [-0.1, -0.05) is 37.6 Å². The minimum Gasteiger partial charge on any atom is -0.278 e. The van der Waals surface area contributed by atoms with Crippen LogP contribution in [0, 0.1) is 5.41 Å². The maximum Gasteiger partial charge on any atom is 0.0612 e. The van der Waals surface area contributed by atoms with Gasteiger partial charge in [-0.3, -0.25) is 5.43 Å². The molecule has 0 radical (unpaired) electrons. The zero-order valence-corrected chi connectivity index (χ0v) is 10.8. The molecule has 2 nitrogen and oxygen atoms in total. The molecule has 1 N–H and O–H groups in total. The number of allylic oxidation sites excluding steroid dienone is 2. The first-order valence-corrected chi connectivity index (χ1v) is 6.10. The zero-order valence-electron chi connectivity index (χ0n) is 10.8. The molecule has 0 saturated carbocycles.